The van der Waals surface area contributed by atoms with E-state index in [-0.39, 0.29) is 18.0 Å². The van der Waals surface area contributed by atoms with E-state index in [1.807, 2.05) is 24.3 Å². The van der Waals surface area contributed by atoms with Gasteiger partial charge in [-0.3, -0.25) is 4.79 Å². The average Bonchev–Trinajstić information content (AvgIpc) is 3.23. The van der Waals surface area contributed by atoms with Crippen LogP contribution < -0.4 is 11.1 Å². The van der Waals surface area contributed by atoms with Gasteiger partial charge in [-0.1, -0.05) is 30.2 Å². The molecule has 0 radical (unpaired) electrons. The summed E-state index contributed by atoms with van der Waals surface area (Å²) in [4.78, 5) is 12.3. The standard InChI is InChI=1S/C17H23ClN2O/c18-14-8-6-12(7-9-14)17(11-4-5-11)20-16(21)10-13-2-1-3-15(13)19/h6-9,11,13,15,17H,1-5,10,19H2,(H,20,21)/t13-,15+,17?/m0/s1. The Bertz CT molecular complexity index is 498. The predicted octanol–water partition coefficient (Wildman–Crippen LogP) is 3.42. The van der Waals surface area contributed by atoms with Crippen LogP contribution in [0.15, 0.2) is 24.3 Å². The molecule has 3 nitrogen and oxygen atoms in total. The quantitative estimate of drug-likeness (QED) is 0.875. The summed E-state index contributed by atoms with van der Waals surface area (Å²) in [5.41, 5.74) is 7.22. The molecule has 1 aromatic carbocycles. The van der Waals surface area contributed by atoms with E-state index in [4.69, 9.17) is 17.3 Å². The van der Waals surface area contributed by atoms with Gasteiger partial charge in [-0.05, 0) is 55.2 Å². The highest BCUT2D eigenvalue weighted by Crippen LogP contribution is 2.41. The molecule has 21 heavy (non-hydrogen) atoms. The molecule has 2 fully saturated rings. The minimum Gasteiger partial charge on any atom is -0.349 e. The summed E-state index contributed by atoms with van der Waals surface area (Å²) in [6.07, 6.45) is 6.25. The van der Waals surface area contributed by atoms with Crippen molar-refractivity contribution in [2.24, 2.45) is 17.6 Å². The molecule has 3 atom stereocenters. The third-order valence-electron chi connectivity index (χ3n) is 4.80. The van der Waals surface area contributed by atoms with E-state index in [0.717, 1.165) is 29.8 Å². The molecule has 3 rings (SSSR count). The number of hydrogen-bond donors (Lipinski definition) is 2. The SMILES string of the molecule is N[C@@H]1CCC[C@H]1CC(=O)NC(c1ccc(Cl)cc1)C1CC1. The zero-order chi connectivity index (χ0) is 14.8. The molecule has 0 spiro atoms. The summed E-state index contributed by atoms with van der Waals surface area (Å²) >= 11 is 5.95. The molecule has 114 valence electrons. The van der Waals surface area contributed by atoms with Gasteiger partial charge in [0.1, 0.15) is 0 Å². The molecular weight excluding hydrogens is 284 g/mol. The Hall–Kier alpha value is -1.06. The molecule has 1 amide bonds. The van der Waals surface area contributed by atoms with Crippen LogP contribution in [0, 0.1) is 11.8 Å². The lowest BCUT2D eigenvalue weighted by Crippen LogP contribution is -2.34. The molecule has 4 heteroatoms. The Morgan fingerprint density at radius 3 is 2.52 bits per heavy atom. The molecular formula is C17H23ClN2O. The van der Waals surface area contributed by atoms with Gasteiger partial charge >= 0.3 is 0 Å². The first kappa shape index (κ1) is 14.9. The van der Waals surface area contributed by atoms with Crippen LogP contribution in [0.3, 0.4) is 0 Å². The lowest BCUT2D eigenvalue weighted by Gasteiger charge is -2.21. The van der Waals surface area contributed by atoms with Crippen LogP contribution in [-0.2, 0) is 4.79 Å². The maximum atomic E-state index is 12.3. The highest BCUT2D eigenvalue weighted by Gasteiger charge is 2.34. The topological polar surface area (TPSA) is 55.1 Å². The lowest BCUT2D eigenvalue weighted by molar-refractivity contribution is -0.123. The van der Waals surface area contributed by atoms with Gasteiger partial charge in [0.05, 0.1) is 6.04 Å². The van der Waals surface area contributed by atoms with E-state index >= 15 is 0 Å². The maximum Gasteiger partial charge on any atom is 0.220 e. The lowest BCUT2D eigenvalue weighted by atomic mass is 9.98. The van der Waals surface area contributed by atoms with Gasteiger partial charge < -0.3 is 11.1 Å². The molecule has 0 heterocycles. The first-order valence-electron chi connectivity index (χ1n) is 7.94. The van der Waals surface area contributed by atoms with Crippen LogP contribution >= 0.6 is 11.6 Å². The highest BCUT2D eigenvalue weighted by atomic mass is 35.5. The number of hydrogen-bond acceptors (Lipinski definition) is 2. The normalized spacial score (nSPS) is 26.6. The summed E-state index contributed by atoms with van der Waals surface area (Å²) in [5, 5.41) is 3.96. The summed E-state index contributed by atoms with van der Waals surface area (Å²) in [7, 11) is 0. The maximum absolute atomic E-state index is 12.3. The van der Waals surface area contributed by atoms with Crippen molar-refractivity contribution in [1.82, 2.24) is 5.32 Å². The highest BCUT2D eigenvalue weighted by molar-refractivity contribution is 6.30. The van der Waals surface area contributed by atoms with Gasteiger partial charge in [-0.15, -0.1) is 0 Å². The first-order valence-corrected chi connectivity index (χ1v) is 8.31. The molecule has 3 N–H and O–H groups in total. The largest absolute Gasteiger partial charge is 0.349 e. The Kier molecular flexibility index (Phi) is 4.51. The fourth-order valence-corrected chi connectivity index (χ4v) is 3.49. The monoisotopic (exact) mass is 306 g/mol. The van der Waals surface area contributed by atoms with E-state index in [1.165, 1.54) is 12.8 Å². The second-order valence-electron chi connectivity index (χ2n) is 6.49. The Morgan fingerprint density at radius 2 is 1.95 bits per heavy atom. The second kappa shape index (κ2) is 6.37. The summed E-state index contributed by atoms with van der Waals surface area (Å²) < 4.78 is 0. The van der Waals surface area contributed by atoms with Crippen LogP contribution in [0.2, 0.25) is 5.02 Å². The number of nitrogens with one attached hydrogen (secondary N) is 1. The van der Waals surface area contributed by atoms with Crippen molar-refractivity contribution < 1.29 is 4.79 Å². The minimum absolute atomic E-state index is 0.132. The van der Waals surface area contributed by atoms with Gasteiger partial charge in [-0.2, -0.15) is 0 Å². The van der Waals surface area contributed by atoms with Crippen molar-refractivity contribution in [3.05, 3.63) is 34.9 Å². The van der Waals surface area contributed by atoms with Crippen molar-refractivity contribution >= 4 is 17.5 Å². The van der Waals surface area contributed by atoms with Gasteiger partial charge in [0.15, 0.2) is 0 Å². The predicted molar refractivity (Wildman–Crippen MR) is 85.0 cm³/mol. The van der Waals surface area contributed by atoms with Crippen molar-refractivity contribution in [3.8, 4) is 0 Å². The van der Waals surface area contributed by atoms with Crippen molar-refractivity contribution in [2.45, 2.75) is 50.6 Å². The third-order valence-corrected chi connectivity index (χ3v) is 5.06. The van der Waals surface area contributed by atoms with Crippen molar-refractivity contribution in [1.29, 1.82) is 0 Å². The van der Waals surface area contributed by atoms with Crippen molar-refractivity contribution in [2.75, 3.05) is 0 Å². The molecule has 0 saturated heterocycles. The number of amides is 1. The minimum atomic E-state index is 0.132. The molecule has 2 aliphatic carbocycles. The molecule has 1 aromatic rings. The average molecular weight is 307 g/mol. The van der Waals surface area contributed by atoms with Gasteiger partial charge in [0, 0.05) is 17.5 Å². The van der Waals surface area contributed by atoms with E-state index in [0.29, 0.717) is 18.3 Å². The molecule has 0 aliphatic heterocycles. The third kappa shape index (κ3) is 3.78. The van der Waals surface area contributed by atoms with Gasteiger partial charge in [-0.25, -0.2) is 0 Å². The fraction of sp³-hybridized carbons (Fsp3) is 0.588. The van der Waals surface area contributed by atoms with E-state index in [9.17, 15) is 4.79 Å². The molecule has 2 aliphatic rings. The zero-order valence-electron chi connectivity index (χ0n) is 12.2. The van der Waals surface area contributed by atoms with E-state index < -0.39 is 0 Å². The Labute approximate surface area is 131 Å². The van der Waals surface area contributed by atoms with Gasteiger partial charge in [0.2, 0.25) is 5.91 Å². The van der Waals surface area contributed by atoms with Crippen LogP contribution in [0.5, 0.6) is 0 Å². The molecule has 0 bridgehead atoms. The van der Waals surface area contributed by atoms with Crippen LogP contribution in [0.4, 0.5) is 0 Å². The van der Waals surface area contributed by atoms with Crippen LogP contribution in [-0.4, -0.2) is 11.9 Å². The number of carbonyl (C=O) groups excluding carboxylic acids is 1. The van der Waals surface area contributed by atoms with Gasteiger partial charge in [0.25, 0.3) is 0 Å². The molecule has 1 unspecified atom stereocenters. The van der Waals surface area contributed by atoms with E-state index in [1.54, 1.807) is 0 Å². The first-order chi connectivity index (χ1) is 10.1. The van der Waals surface area contributed by atoms with Crippen molar-refractivity contribution in [3.63, 3.8) is 0 Å². The fourth-order valence-electron chi connectivity index (χ4n) is 3.36. The summed E-state index contributed by atoms with van der Waals surface area (Å²) in [5.74, 6) is 1.08. The second-order valence-corrected chi connectivity index (χ2v) is 6.93. The zero-order valence-corrected chi connectivity index (χ0v) is 13.0. The smallest absolute Gasteiger partial charge is 0.220 e. The molecule has 0 aromatic heterocycles. The van der Waals surface area contributed by atoms with E-state index in [2.05, 4.69) is 5.32 Å². The number of carbonyl (C=O) groups is 1. The number of rotatable bonds is 5. The Balaban J connectivity index is 1.62. The van der Waals surface area contributed by atoms with Crippen LogP contribution in [0.1, 0.15) is 50.1 Å². The summed E-state index contributed by atoms with van der Waals surface area (Å²) in [6, 6.07) is 8.16. The summed E-state index contributed by atoms with van der Waals surface area (Å²) in [6.45, 7) is 0. The number of halogens is 1. The van der Waals surface area contributed by atoms with Crippen LogP contribution in [0.25, 0.3) is 0 Å². The Morgan fingerprint density at radius 1 is 1.24 bits per heavy atom. The number of benzene rings is 1. The molecule has 2 saturated carbocycles. The number of nitrogens with two attached hydrogens (primary N) is 1.